The summed E-state index contributed by atoms with van der Waals surface area (Å²) in [4.78, 5) is 26.0. The van der Waals surface area contributed by atoms with Crippen molar-refractivity contribution in [2.75, 3.05) is 32.1 Å². The molecule has 1 heterocycles. The summed E-state index contributed by atoms with van der Waals surface area (Å²) in [5, 5.41) is 6.58. The summed E-state index contributed by atoms with van der Waals surface area (Å²) in [6.07, 6.45) is 1.34. The highest BCUT2D eigenvalue weighted by molar-refractivity contribution is 6.31. The lowest BCUT2D eigenvalue weighted by molar-refractivity contribution is -0.117. The maximum atomic E-state index is 12.5. The Kier molecular flexibility index (Phi) is 6.13. The molecular weight excluding hydrogens is 322 g/mol. The second-order valence-electron chi connectivity index (χ2n) is 4.66. The fourth-order valence-electron chi connectivity index (χ4n) is 1.89. The molecule has 1 aromatic carbocycles. The van der Waals surface area contributed by atoms with Gasteiger partial charge in [-0.15, -0.1) is 0 Å². The third kappa shape index (κ3) is 5.08. The maximum Gasteiger partial charge on any atom is 0.254 e. The van der Waals surface area contributed by atoms with Crippen molar-refractivity contribution in [2.24, 2.45) is 0 Å². The number of carbonyl (C=O) groups excluding carboxylic acids is 2. The molecule has 0 bridgehead atoms. The fraction of sp³-hybridized carbons (Fsp3) is 0.267. The second-order valence-corrected chi connectivity index (χ2v) is 5.10. The van der Waals surface area contributed by atoms with Gasteiger partial charge in [0.05, 0.1) is 6.61 Å². The Morgan fingerprint density at radius 1 is 1.39 bits per heavy atom. The normalized spacial score (nSPS) is 10.3. The Morgan fingerprint density at radius 2 is 2.22 bits per heavy atom. The Labute approximate surface area is 138 Å². The molecule has 1 aromatic heterocycles. The molecule has 0 spiro atoms. The Balaban J connectivity index is 2.06. The number of anilines is 1. The van der Waals surface area contributed by atoms with Crippen LogP contribution in [0.25, 0.3) is 0 Å². The van der Waals surface area contributed by atoms with Gasteiger partial charge in [0.25, 0.3) is 5.91 Å². The average Bonchev–Trinajstić information content (AvgIpc) is 3.03. The highest BCUT2D eigenvalue weighted by atomic mass is 35.5. The molecular formula is C15H16ClN3O4. The first-order valence-corrected chi connectivity index (χ1v) is 7.22. The molecule has 0 aliphatic heterocycles. The van der Waals surface area contributed by atoms with Crippen molar-refractivity contribution in [3.8, 4) is 0 Å². The van der Waals surface area contributed by atoms with E-state index < -0.39 is 0 Å². The molecule has 1 N–H and O–H groups in total. The zero-order valence-corrected chi connectivity index (χ0v) is 13.2. The van der Waals surface area contributed by atoms with Gasteiger partial charge in [-0.1, -0.05) is 22.8 Å². The van der Waals surface area contributed by atoms with Gasteiger partial charge in [-0.3, -0.25) is 9.59 Å². The number of benzene rings is 1. The minimum Gasteiger partial charge on any atom is -0.383 e. The van der Waals surface area contributed by atoms with Gasteiger partial charge in [0.1, 0.15) is 12.8 Å². The van der Waals surface area contributed by atoms with Gasteiger partial charge >= 0.3 is 0 Å². The van der Waals surface area contributed by atoms with Crippen molar-refractivity contribution in [2.45, 2.75) is 0 Å². The van der Waals surface area contributed by atoms with E-state index in [2.05, 4.69) is 15.0 Å². The predicted octanol–water partition coefficient (Wildman–Crippen LogP) is 2.06. The molecule has 122 valence electrons. The van der Waals surface area contributed by atoms with E-state index in [1.54, 1.807) is 24.3 Å². The van der Waals surface area contributed by atoms with E-state index in [0.29, 0.717) is 17.2 Å². The molecule has 0 aliphatic rings. The minimum absolute atomic E-state index is 0.137. The topological polar surface area (TPSA) is 84.7 Å². The lowest BCUT2D eigenvalue weighted by atomic mass is 10.2. The third-order valence-electron chi connectivity index (χ3n) is 2.96. The van der Waals surface area contributed by atoms with Crippen molar-refractivity contribution in [1.29, 1.82) is 0 Å². The average molecular weight is 338 g/mol. The first-order chi connectivity index (χ1) is 11.1. The van der Waals surface area contributed by atoms with Crippen LogP contribution in [0.1, 0.15) is 10.4 Å². The zero-order chi connectivity index (χ0) is 16.7. The first kappa shape index (κ1) is 17.0. The summed E-state index contributed by atoms with van der Waals surface area (Å²) < 4.78 is 9.63. The van der Waals surface area contributed by atoms with Gasteiger partial charge in [-0.2, -0.15) is 0 Å². The molecule has 0 saturated heterocycles. The molecule has 2 amide bonds. The number of amides is 2. The lowest BCUT2D eigenvalue weighted by Gasteiger charge is -2.21. The van der Waals surface area contributed by atoms with Crippen LogP contribution in [0.4, 0.5) is 5.82 Å². The number of ether oxygens (including phenoxy) is 1. The fourth-order valence-corrected chi connectivity index (χ4v) is 2.08. The molecule has 2 aromatic rings. The minimum atomic E-state index is -0.384. The molecule has 0 unspecified atom stereocenters. The van der Waals surface area contributed by atoms with E-state index in [1.807, 2.05) is 0 Å². The van der Waals surface area contributed by atoms with Crippen LogP contribution >= 0.6 is 11.6 Å². The molecule has 0 aliphatic carbocycles. The van der Waals surface area contributed by atoms with E-state index in [9.17, 15) is 9.59 Å². The summed E-state index contributed by atoms with van der Waals surface area (Å²) in [6, 6.07) is 8.06. The van der Waals surface area contributed by atoms with Crippen LogP contribution < -0.4 is 5.32 Å². The molecule has 8 heteroatoms. The van der Waals surface area contributed by atoms with Crippen LogP contribution in [0.5, 0.6) is 0 Å². The van der Waals surface area contributed by atoms with Gasteiger partial charge in [-0.05, 0) is 18.2 Å². The van der Waals surface area contributed by atoms with Crippen molar-refractivity contribution in [3.05, 3.63) is 47.2 Å². The number of carbonyl (C=O) groups is 2. The van der Waals surface area contributed by atoms with Crippen LogP contribution in [0.15, 0.2) is 41.1 Å². The quantitative estimate of drug-likeness (QED) is 0.836. The summed E-state index contributed by atoms with van der Waals surface area (Å²) in [5.41, 5.74) is 0.405. The van der Waals surface area contributed by atoms with E-state index in [4.69, 9.17) is 16.3 Å². The molecule has 0 saturated carbocycles. The number of hydrogen-bond donors (Lipinski definition) is 1. The van der Waals surface area contributed by atoms with Crippen molar-refractivity contribution in [3.63, 3.8) is 0 Å². The summed E-state index contributed by atoms with van der Waals surface area (Å²) >= 11 is 5.91. The maximum absolute atomic E-state index is 12.5. The smallest absolute Gasteiger partial charge is 0.254 e. The Hall–Kier alpha value is -2.38. The molecule has 23 heavy (non-hydrogen) atoms. The van der Waals surface area contributed by atoms with Crippen LogP contribution in [0, 0.1) is 0 Å². The van der Waals surface area contributed by atoms with Gasteiger partial charge in [0.15, 0.2) is 5.82 Å². The third-order valence-corrected chi connectivity index (χ3v) is 3.20. The van der Waals surface area contributed by atoms with Crippen molar-refractivity contribution < 1.29 is 18.8 Å². The number of nitrogens with one attached hydrogen (secondary N) is 1. The zero-order valence-electron chi connectivity index (χ0n) is 12.5. The standard InChI is InChI=1S/C15H16ClN3O4/c1-22-8-6-19(10-14(20)17-13-5-7-23-18-13)15(21)11-3-2-4-12(16)9-11/h2-5,7,9H,6,8,10H2,1H3,(H,17,18,20). The van der Waals surface area contributed by atoms with Crippen molar-refractivity contribution >= 4 is 29.2 Å². The van der Waals surface area contributed by atoms with Crippen LogP contribution in [0.3, 0.4) is 0 Å². The molecule has 2 rings (SSSR count). The second kappa shape index (κ2) is 8.30. The van der Waals surface area contributed by atoms with Crippen molar-refractivity contribution in [1.82, 2.24) is 10.1 Å². The molecule has 7 nitrogen and oxygen atoms in total. The van der Waals surface area contributed by atoms with Gasteiger partial charge in [0, 0.05) is 30.3 Å². The van der Waals surface area contributed by atoms with E-state index in [1.165, 1.54) is 24.3 Å². The molecule has 0 atom stereocenters. The summed E-state index contributed by atoms with van der Waals surface area (Å²) in [7, 11) is 1.53. The van der Waals surface area contributed by atoms with Crippen LogP contribution in [-0.4, -0.2) is 48.7 Å². The number of nitrogens with zero attached hydrogens (tertiary/aromatic N) is 2. The lowest BCUT2D eigenvalue weighted by Crippen LogP contribution is -2.40. The molecule has 0 radical (unpaired) electrons. The number of methoxy groups -OCH3 is 1. The first-order valence-electron chi connectivity index (χ1n) is 6.84. The summed E-state index contributed by atoms with van der Waals surface area (Å²) in [6.45, 7) is 0.444. The van der Waals surface area contributed by atoms with E-state index >= 15 is 0 Å². The monoisotopic (exact) mass is 337 g/mol. The summed E-state index contributed by atoms with van der Waals surface area (Å²) in [5.74, 6) is -0.401. The highest BCUT2D eigenvalue weighted by Gasteiger charge is 2.19. The van der Waals surface area contributed by atoms with E-state index in [0.717, 1.165) is 0 Å². The molecule has 0 fully saturated rings. The van der Waals surface area contributed by atoms with Gasteiger partial charge in [0.2, 0.25) is 5.91 Å². The van der Waals surface area contributed by atoms with Gasteiger partial charge < -0.3 is 19.5 Å². The predicted molar refractivity (Wildman–Crippen MR) is 84.4 cm³/mol. The van der Waals surface area contributed by atoms with Gasteiger partial charge in [-0.25, -0.2) is 0 Å². The van der Waals surface area contributed by atoms with E-state index in [-0.39, 0.29) is 30.7 Å². The Morgan fingerprint density at radius 3 is 2.87 bits per heavy atom. The number of rotatable bonds is 7. The highest BCUT2D eigenvalue weighted by Crippen LogP contribution is 2.13. The Bertz CT molecular complexity index is 661. The van der Waals surface area contributed by atoms with Crippen LogP contribution in [-0.2, 0) is 9.53 Å². The number of aromatic nitrogens is 1. The van der Waals surface area contributed by atoms with Crippen LogP contribution in [0.2, 0.25) is 5.02 Å². The number of halogens is 1. The largest absolute Gasteiger partial charge is 0.383 e. The number of hydrogen-bond acceptors (Lipinski definition) is 5. The SMILES string of the molecule is COCCN(CC(=O)Nc1ccon1)C(=O)c1cccc(Cl)c1.